The highest BCUT2D eigenvalue weighted by Gasteiger charge is 2.17. The molecule has 0 radical (unpaired) electrons. The third-order valence-electron chi connectivity index (χ3n) is 2.50. The van der Waals surface area contributed by atoms with E-state index in [4.69, 9.17) is 23.2 Å². The van der Waals surface area contributed by atoms with Gasteiger partial charge in [-0.15, -0.1) is 0 Å². The van der Waals surface area contributed by atoms with Gasteiger partial charge in [0.1, 0.15) is 0 Å². The summed E-state index contributed by atoms with van der Waals surface area (Å²) in [7, 11) is 1.22. The van der Waals surface area contributed by atoms with Gasteiger partial charge in [0, 0.05) is 33.4 Å². The molecule has 0 N–H and O–H groups in total. The van der Waals surface area contributed by atoms with E-state index in [9.17, 15) is 9.18 Å². The van der Waals surface area contributed by atoms with Crippen LogP contribution in [0.25, 0.3) is 11.1 Å². The molecule has 98 valence electrons. The van der Waals surface area contributed by atoms with Crippen molar-refractivity contribution >= 4 is 29.2 Å². The number of carbonyl (C=O) groups is 1. The molecule has 0 aliphatic carbocycles. The lowest BCUT2D eigenvalue weighted by molar-refractivity contribution is 0.0601. The van der Waals surface area contributed by atoms with E-state index in [1.165, 1.54) is 19.4 Å². The second-order valence-electron chi connectivity index (χ2n) is 3.67. The molecule has 0 spiro atoms. The van der Waals surface area contributed by atoms with Crippen LogP contribution in [0.3, 0.4) is 0 Å². The number of esters is 1. The SMILES string of the molecule is COC(=O)c1cc(F)ncc1-c1ccc(Cl)cc1Cl. The van der Waals surface area contributed by atoms with Crippen molar-refractivity contribution in [1.29, 1.82) is 0 Å². The summed E-state index contributed by atoms with van der Waals surface area (Å²) in [6, 6.07) is 5.79. The Balaban J connectivity index is 2.64. The minimum Gasteiger partial charge on any atom is -0.465 e. The zero-order valence-electron chi connectivity index (χ0n) is 9.78. The molecule has 19 heavy (non-hydrogen) atoms. The molecule has 0 unspecified atom stereocenters. The summed E-state index contributed by atoms with van der Waals surface area (Å²) in [6.07, 6.45) is 1.23. The van der Waals surface area contributed by atoms with Crippen LogP contribution in [0.4, 0.5) is 4.39 Å². The summed E-state index contributed by atoms with van der Waals surface area (Å²) in [6.45, 7) is 0. The van der Waals surface area contributed by atoms with E-state index in [1.54, 1.807) is 12.1 Å². The second kappa shape index (κ2) is 5.55. The van der Waals surface area contributed by atoms with Gasteiger partial charge in [-0.2, -0.15) is 4.39 Å². The first-order valence-corrected chi connectivity index (χ1v) is 5.98. The van der Waals surface area contributed by atoms with E-state index in [0.29, 0.717) is 21.2 Å². The van der Waals surface area contributed by atoms with Gasteiger partial charge in [0.25, 0.3) is 0 Å². The van der Waals surface area contributed by atoms with Crippen LogP contribution in [-0.2, 0) is 4.74 Å². The van der Waals surface area contributed by atoms with Crippen molar-refractivity contribution < 1.29 is 13.9 Å². The van der Waals surface area contributed by atoms with Crippen molar-refractivity contribution in [2.45, 2.75) is 0 Å². The Morgan fingerprint density at radius 2 is 2.00 bits per heavy atom. The minimum absolute atomic E-state index is 0.0548. The summed E-state index contributed by atoms with van der Waals surface area (Å²) in [5.41, 5.74) is 0.966. The zero-order chi connectivity index (χ0) is 14.0. The molecule has 0 saturated carbocycles. The third-order valence-corrected chi connectivity index (χ3v) is 3.05. The molecule has 0 aliphatic rings. The molecule has 0 fully saturated rings. The van der Waals surface area contributed by atoms with Crippen molar-refractivity contribution in [2.75, 3.05) is 7.11 Å². The van der Waals surface area contributed by atoms with E-state index < -0.39 is 11.9 Å². The molecule has 3 nitrogen and oxygen atoms in total. The number of benzene rings is 1. The van der Waals surface area contributed by atoms with Gasteiger partial charge in [0.2, 0.25) is 5.95 Å². The Bertz CT molecular complexity index is 647. The monoisotopic (exact) mass is 299 g/mol. The van der Waals surface area contributed by atoms with Crippen LogP contribution < -0.4 is 0 Å². The lowest BCUT2D eigenvalue weighted by Crippen LogP contribution is -2.05. The van der Waals surface area contributed by atoms with Gasteiger partial charge >= 0.3 is 5.97 Å². The van der Waals surface area contributed by atoms with Crippen molar-refractivity contribution in [1.82, 2.24) is 4.98 Å². The average Bonchev–Trinajstić information content (AvgIpc) is 2.38. The average molecular weight is 300 g/mol. The van der Waals surface area contributed by atoms with Crippen molar-refractivity contribution in [3.05, 3.63) is 52.0 Å². The number of hydrogen-bond donors (Lipinski definition) is 0. The molecule has 6 heteroatoms. The fourth-order valence-electron chi connectivity index (χ4n) is 1.63. The Hall–Kier alpha value is -1.65. The second-order valence-corrected chi connectivity index (χ2v) is 4.51. The highest BCUT2D eigenvalue weighted by atomic mass is 35.5. The minimum atomic E-state index is -0.769. The predicted octanol–water partition coefficient (Wildman–Crippen LogP) is 3.98. The van der Waals surface area contributed by atoms with Gasteiger partial charge in [-0.05, 0) is 12.1 Å². The summed E-state index contributed by atoms with van der Waals surface area (Å²) in [5, 5.41) is 0.800. The molecule has 1 aromatic heterocycles. The van der Waals surface area contributed by atoms with Crippen LogP contribution in [0.1, 0.15) is 10.4 Å². The lowest BCUT2D eigenvalue weighted by atomic mass is 10.0. The maximum absolute atomic E-state index is 13.2. The molecule has 0 bridgehead atoms. The van der Waals surface area contributed by atoms with Crippen LogP contribution in [0.2, 0.25) is 10.0 Å². The van der Waals surface area contributed by atoms with E-state index in [-0.39, 0.29) is 5.56 Å². The number of aromatic nitrogens is 1. The highest BCUT2D eigenvalue weighted by Crippen LogP contribution is 2.32. The molecule has 1 heterocycles. The molecule has 0 aliphatic heterocycles. The first-order chi connectivity index (χ1) is 9.02. The first-order valence-electron chi connectivity index (χ1n) is 5.22. The van der Waals surface area contributed by atoms with Gasteiger partial charge < -0.3 is 4.74 Å². The zero-order valence-corrected chi connectivity index (χ0v) is 11.3. The number of rotatable bonds is 2. The molecule has 2 rings (SSSR count). The maximum atomic E-state index is 13.2. The van der Waals surface area contributed by atoms with E-state index in [1.807, 2.05) is 0 Å². The third kappa shape index (κ3) is 2.85. The van der Waals surface area contributed by atoms with Gasteiger partial charge in [-0.3, -0.25) is 0 Å². The number of ether oxygens (including phenoxy) is 1. The van der Waals surface area contributed by atoms with Gasteiger partial charge in [0.15, 0.2) is 0 Å². The molecular formula is C13H8Cl2FNO2. The maximum Gasteiger partial charge on any atom is 0.338 e. The molecule has 0 saturated heterocycles. The molecule has 0 atom stereocenters. The summed E-state index contributed by atoms with van der Waals surface area (Å²) < 4.78 is 17.8. The fraction of sp³-hybridized carbons (Fsp3) is 0.0769. The van der Waals surface area contributed by atoms with E-state index >= 15 is 0 Å². The number of pyridine rings is 1. The number of halogens is 3. The van der Waals surface area contributed by atoms with Crippen LogP contribution in [0.5, 0.6) is 0 Å². The van der Waals surface area contributed by atoms with Crippen molar-refractivity contribution in [2.24, 2.45) is 0 Å². The highest BCUT2D eigenvalue weighted by molar-refractivity contribution is 6.36. The lowest BCUT2D eigenvalue weighted by Gasteiger charge is -2.09. The largest absolute Gasteiger partial charge is 0.465 e. The quantitative estimate of drug-likeness (QED) is 0.622. The summed E-state index contributed by atoms with van der Waals surface area (Å²) >= 11 is 11.9. The fourth-order valence-corrected chi connectivity index (χ4v) is 2.14. The van der Waals surface area contributed by atoms with Gasteiger partial charge in [-0.25, -0.2) is 9.78 Å². The van der Waals surface area contributed by atoms with Crippen LogP contribution >= 0.6 is 23.2 Å². The molecular weight excluding hydrogens is 292 g/mol. The standard InChI is InChI=1S/C13H8Cl2FNO2/c1-19-13(18)9-5-12(16)17-6-10(9)8-3-2-7(14)4-11(8)15/h2-6H,1H3. The van der Waals surface area contributed by atoms with Crippen LogP contribution in [-0.4, -0.2) is 18.1 Å². The Kier molecular flexibility index (Phi) is 4.02. The van der Waals surface area contributed by atoms with Crippen LogP contribution in [0.15, 0.2) is 30.5 Å². The number of methoxy groups -OCH3 is 1. The molecule has 0 amide bonds. The van der Waals surface area contributed by atoms with Crippen LogP contribution in [0, 0.1) is 5.95 Å². The van der Waals surface area contributed by atoms with E-state index in [2.05, 4.69) is 9.72 Å². The summed E-state index contributed by atoms with van der Waals surface area (Å²) in [5.74, 6) is -1.43. The Morgan fingerprint density at radius 3 is 2.63 bits per heavy atom. The number of carbonyl (C=O) groups excluding carboxylic acids is 1. The number of nitrogens with zero attached hydrogens (tertiary/aromatic N) is 1. The predicted molar refractivity (Wildman–Crippen MR) is 71.0 cm³/mol. The first kappa shape index (κ1) is 13.8. The Labute approximate surface area is 118 Å². The number of hydrogen-bond acceptors (Lipinski definition) is 3. The van der Waals surface area contributed by atoms with Crippen molar-refractivity contribution in [3.8, 4) is 11.1 Å². The summed E-state index contributed by atoms with van der Waals surface area (Å²) in [4.78, 5) is 15.2. The smallest absolute Gasteiger partial charge is 0.338 e. The topological polar surface area (TPSA) is 39.2 Å². The molecule has 1 aromatic carbocycles. The van der Waals surface area contributed by atoms with Gasteiger partial charge in [-0.1, -0.05) is 29.3 Å². The normalized spacial score (nSPS) is 10.3. The Morgan fingerprint density at radius 1 is 1.26 bits per heavy atom. The van der Waals surface area contributed by atoms with Gasteiger partial charge in [0.05, 0.1) is 12.7 Å². The van der Waals surface area contributed by atoms with Crippen molar-refractivity contribution in [3.63, 3.8) is 0 Å². The van der Waals surface area contributed by atoms with E-state index in [0.717, 1.165) is 6.07 Å². The molecule has 2 aromatic rings.